The summed E-state index contributed by atoms with van der Waals surface area (Å²) >= 11 is 3.42. The SMILES string of the molecule is CC1(C)OB(C(=Cc2ccc(Br)cc2N)CNC(=O)OCc2ccccc2)OC1(C)C. The summed E-state index contributed by atoms with van der Waals surface area (Å²) in [6.07, 6.45) is 1.37. The third kappa shape index (κ3) is 5.90. The lowest BCUT2D eigenvalue weighted by atomic mass is 9.77. The zero-order chi connectivity index (χ0) is 22.6. The van der Waals surface area contributed by atoms with Gasteiger partial charge >= 0.3 is 13.2 Å². The minimum Gasteiger partial charge on any atom is -0.445 e. The molecule has 0 atom stereocenters. The Morgan fingerprint density at radius 1 is 1.13 bits per heavy atom. The number of ether oxygens (including phenoxy) is 1. The van der Waals surface area contributed by atoms with Crippen LogP contribution < -0.4 is 11.1 Å². The predicted octanol–water partition coefficient (Wildman–Crippen LogP) is 4.97. The van der Waals surface area contributed by atoms with Crippen molar-refractivity contribution < 1.29 is 18.8 Å². The highest BCUT2D eigenvalue weighted by Gasteiger charge is 2.52. The summed E-state index contributed by atoms with van der Waals surface area (Å²) in [7, 11) is -0.623. The molecule has 2 aromatic rings. The van der Waals surface area contributed by atoms with Gasteiger partial charge in [0, 0.05) is 16.7 Å². The summed E-state index contributed by atoms with van der Waals surface area (Å²) in [6.45, 7) is 8.34. The zero-order valence-electron chi connectivity index (χ0n) is 18.3. The van der Waals surface area contributed by atoms with Gasteiger partial charge in [-0.05, 0) is 56.4 Å². The van der Waals surface area contributed by atoms with Gasteiger partial charge in [-0.3, -0.25) is 0 Å². The Balaban J connectivity index is 1.74. The van der Waals surface area contributed by atoms with E-state index in [1.165, 1.54) is 0 Å². The first-order valence-corrected chi connectivity index (χ1v) is 10.9. The Kier molecular flexibility index (Phi) is 7.14. The first kappa shape index (κ1) is 23.4. The van der Waals surface area contributed by atoms with Gasteiger partial charge < -0.3 is 25.1 Å². The molecule has 1 amide bonds. The van der Waals surface area contributed by atoms with E-state index in [0.717, 1.165) is 21.1 Å². The Labute approximate surface area is 192 Å². The molecule has 2 aromatic carbocycles. The Morgan fingerprint density at radius 2 is 1.77 bits per heavy atom. The molecule has 31 heavy (non-hydrogen) atoms. The van der Waals surface area contributed by atoms with E-state index in [1.807, 2.05) is 82.3 Å². The third-order valence-electron chi connectivity index (χ3n) is 5.60. The van der Waals surface area contributed by atoms with Crippen LogP contribution in [0.25, 0.3) is 6.08 Å². The number of halogens is 1. The van der Waals surface area contributed by atoms with Gasteiger partial charge in [0.05, 0.1) is 11.2 Å². The molecule has 1 heterocycles. The van der Waals surface area contributed by atoms with Crippen molar-refractivity contribution >= 4 is 40.9 Å². The lowest BCUT2D eigenvalue weighted by Crippen LogP contribution is -2.41. The number of amides is 1. The van der Waals surface area contributed by atoms with Crippen molar-refractivity contribution in [1.82, 2.24) is 5.32 Å². The van der Waals surface area contributed by atoms with E-state index in [0.29, 0.717) is 5.69 Å². The van der Waals surface area contributed by atoms with E-state index in [1.54, 1.807) is 0 Å². The number of nitrogens with one attached hydrogen (secondary N) is 1. The van der Waals surface area contributed by atoms with Gasteiger partial charge in [-0.2, -0.15) is 0 Å². The summed E-state index contributed by atoms with van der Waals surface area (Å²) in [6, 6.07) is 15.2. The average molecular weight is 487 g/mol. The van der Waals surface area contributed by atoms with Crippen LogP contribution >= 0.6 is 15.9 Å². The van der Waals surface area contributed by atoms with E-state index in [2.05, 4.69) is 21.2 Å². The van der Waals surface area contributed by atoms with Crippen molar-refractivity contribution in [2.45, 2.75) is 45.5 Å². The van der Waals surface area contributed by atoms with Gasteiger partial charge in [-0.15, -0.1) is 0 Å². The maximum Gasteiger partial charge on any atom is 0.492 e. The van der Waals surface area contributed by atoms with E-state index >= 15 is 0 Å². The molecule has 0 aromatic heterocycles. The number of anilines is 1. The number of hydrogen-bond donors (Lipinski definition) is 2. The first-order chi connectivity index (χ1) is 14.6. The smallest absolute Gasteiger partial charge is 0.445 e. The number of alkyl carbamates (subject to hydrolysis) is 1. The van der Waals surface area contributed by atoms with Crippen LogP contribution in [-0.4, -0.2) is 31.0 Å². The second-order valence-corrected chi connectivity index (χ2v) is 9.41. The lowest BCUT2D eigenvalue weighted by Gasteiger charge is -2.32. The van der Waals surface area contributed by atoms with E-state index in [4.69, 9.17) is 19.8 Å². The van der Waals surface area contributed by atoms with Gasteiger partial charge in [0.15, 0.2) is 0 Å². The second kappa shape index (κ2) is 9.46. The first-order valence-electron chi connectivity index (χ1n) is 10.1. The summed E-state index contributed by atoms with van der Waals surface area (Å²) < 4.78 is 18.6. The molecule has 164 valence electrons. The van der Waals surface area contributed by atoms with Gasteiger partial charge in [0.1, 0.15) is 6.61 Å². The molecular formula is C23H28BBrN2O4. The van der Waals surface area contributed by atoms with Crippen LogP contribution in [0.5, 0.6) is 0 Å². The molecule has 1 fully saturated rings. The van der Waals surface area contributed by atoms with Crippen molar-refractivity contribution in [3.63, 3.8) is 0 Å². The van der Waals surface area contributed by atoms with Crippen LogP contribution in [0.2, 0.25) is 0 Å². The highest BCUT2D eigenvalue weighted by molar-refractivity contribution is 9.10. The molecule has 3 rings (SSSR count). The number of benzene rings is 2. The Bertz CT molecular complexity index is 947. The van der Waals surface area contributed by atoms with Crippen LogP contribution in [0.1, 0.15) is 38.8 Å². The largest absolute Gasteiger partial charge is 0.492 e. The molecule has 1 aliphatic heterocycles. The summed E-state index contributed by atoms with van der Waals surface area (Å²) in [4.78, 5) is 12.3. The molecular weight excluding hydrogens is 459 g/mol. The molecule has 1 aliphatic rings. The molecule has 0 aliphatic carbocycles. The van der Waals surface area contributed by atoms with Crippen molar-refractivity contribution in [3.05, 3.63) is 69.6 Å². The van der Waals surface area contributed by atoms with Crippen molar-refractivity contribution in [3.8, 4) is 0 Å². The molecule has 0 spiro atoms. The fraction of sp³-hybridized carbons (Fsp3) is 0.348. The maximum atomic E-state index is 12.3. The third-order valence-corrected chi connectivity index (χ3v) is 6.09. The van der Waals surface area contributed by atoms with E-state index < -0.39 is 24.4 Å². The second-order valence-electron chi connectivity index (χ2n) is 8.50. The Hall–Kier alpha value is -2.29. The van der Waals surface area contributed by atoms with Crippen LogP contribution in [0.4, 0.5) is 10.5 Å². The van der Waals surface area contributed by atoms with Crippen molar-refractivity contribution in [2.75, 3.05) is 12.3 Å². The zero-order valence-corrected chi connectivity index (χ0v) is 19.9. The molecule has 6 nitrogen and oxygen atoms in total. The summed E-state index contributed by atoms with van der Waals surface area (Å²) in [5.41, 5.74) is 8.24. The van der Waals surface area contributed by atoms with Crippen LogP contribution in [0.3, 0.4) is 0 Å². The molecule has 0 unspecified atom stereocenters. The van der Waals surface area contributed by atoms with Gasteiger partial charge in [0.25, 0.3) is 0 Å². The number of hydrogen-bond acceptors (Lipinski definition) is 5. The predicted molar refractivity (Wildman–Crippen MR) is 127 cm³/mol. The maximum absolute atomic E-state index is 12.3. The van der Waals surface area contributed by atoms with Crippen LogP contribution in [0, 0.1) is 0 Å². The average Bonchev–Trinajstić information content (AvgIpc) is 2.93. The minimum absolute atomic E-state index is 0.194. The van der Waals surface area contributed by atoms with Crippen LogP contribution in [-0.2, 0) is 20.7 Å². The van der Waals surface area contributed by atoms with E-state index in [9.17, 15) is 4.79 Å². The lowest BCUT2D eigenvalue weighted by molar-refractivity contribution is 0.00578. The molecule has 3 N–H and O–H groups in total. The number of nitrogen functional groups attached to an aromatic ring is 1. The quantitative estimate of drug-likeness (QED) is 0.444. The van der Waals surface area contributed by atoms with E-state index in [-0.39, 0.29) is 13.2 Å². The number of rotatable bonds is 6. The fourth-order valence-electron chi connectivity index (χ4n) is 3.02. The summed E-state index contributed by atoms with van der Waals surface area (Å²) in [5, 5.41) is 2.80. The number of carbonyl (C=O) groups excluding carboxylic acids is 1. The molecule has 0 bridgehead atoms. The van der Waals surface area contributed by atoms with Gasteiger partial charge in [-0.25, -0.2) is 4.79 Å². The van der Waals surface area contributed by atoms with Gasteiger partial charge in [0.2, 0.25) is 0 Å². The van der Waals surface area contributed by atoms with Crippen molar-refractivity contribution in [1.29, 1.82) is 0 Å². The monoisotopic (exact) mass is 486 g/mol. The highest BCUT2D eigenvalue weighted by atomic mass is 79.9. The molecule has 1 saturated heterocycles. The van der Waals surface area contributed by atoms with Crippen molar-refractivity contribution in [2.24, 2.45) is 0 Å². The number of carbonyl (C=O) groups is 1. The standard InChI is InChI=1S/C23H28BBrN2O4/c1-22(2)23(3,4)31-24(30-22)18(12-17-10-11-19(25)13-20(17)26)14-27-21(28)29-15-16-8-6-5-7-9-16/h5-13H,14-15,26H2,1-4H3,(H,27,28). The molecule has 8 heteroatoms. The fourth-order valence-corrected chi connectivity index (χ4v) is 3.40. The molecule has 0 radical (unpaired) electrons. The Morgan fingerprint density at radius 3 is 2.39 bits per heavy atom. The normalized spacial score (nSPS) is 17.5. The number of nitrogens with two attached hydrogens (primary N) is 1. The topological polar surface area (TPSA) is 82.8 Å². The minimum atomic E-state index is -0.623. The van der Waals surface area contributed by atoms with Gasteiger partial charge in [-0.1, -0.05) is 58.4 Å². The van der Waals surface area contributed by atoms with Crippen LogP contribution in [0.15, 0.2) is 58.5 Å². The highest BCUT2D eigenvalue weighted by Crippen LogP contribution is 2.39. The summed E-state index contributed by atoms with van der Waals surface area (Å²) in [5.74, 6) is 0. The molecule has 0 saturated carbocycles.